The first-order valence-electron chi connectivity index (χ1n) is 8.55. The summed E-state index contributed by atoms with van der Waals surface area (Å²) in [5, 5.41) is 0. The molecule has 0 saturated heterocycles. The molecular formula is C17H36NO3+. The second-order valence-corrected chi connectivity index (χ2v) is 6.79. The molecule has 0 fully saturated rings. The van der Waals surface area contributed by atoms with Crippen LogP contribution in [-0.2, 0) is 9.47 Å². The van der Waals surface area contributed by atoms with Crippen LogP contribution in [0.2, 0.25) is 0 Å². The van der Waals surface area contributed by atoms with E-state index in [0.717, 1.165) is 30.3 Å². The fraction of sp³-hybridized carbons (Fsp3) is 0.941. The zero-order valence-electron chi connectivity index (χ0n) is 14.7. The van der Waals surface area contributed by atoms with Gasteiger partial charge in [0, 0.05) is 6.42 Å². The van der Waals surface area contributed by atoms with Gasteiger partial charge in [-0.05, 0) is 6.42 Å². The third kappa shape index (κ3) is 17.2. The Hall–Kier alpha value is -0.770. The van der Waals surface area contributed by atoms with E-state index in [1.807, 2.05) is 0 Å². The zero-order chi connectivity index (χ0) is 16.0. The minimum absolute atomic E-state index is 0.450. The van der Waals surface area contributed by atoms with Gasteiger partial charge in [-0.25, -0.2) is 4.79 Å². The molecule has 0 heterocycles. The molecule has 0 aliphatic rings. The summed E-state index contributed by atoms with van der Waals surface area (Å²) in [5.41, 5.74) is 0. The molecule has 0 bridgehead atoms. The quantitative estimate of drug-likeness (QED) is 0.288. The molecule has 0 radical (unpaired) electrons. The van der Waals surface area contributed by atoms with Crippen molar-refractivity contribution in [1.82, 2.24) is 0 Å². The second-order valence-electron chi connectivity index (χ2n) is 6.79. The Morgan fingerprint density at radius 3 is 1.76 bits per heavy atom. The average Bonchev–Trinajstić information content (AvgIpc) is 2.41. The molecule has 126 valence electrons. The fourth-order valence-electron chi connectivity index (χ4n) is 2.13. The number of ether oxygens (including phenoxy) is 2. The summed E-state index contributed by atoms with van der Waals surface area (Å²) >= 11 is 0. The van der Waals surface area contributed by atoms with Gasteiger partial charge in [-0.2, -0.15) is 0 Å². The molecule has 0 saturated carbocycles. The molecule has 0 unspecified atom stereocenters. The van der Waals surface area contributed by atoms with E-state index in [1.165, 1.54) is 38.5 Å². The van der Waals surface area contributed by atoms with Crippen molar-refractivity contribution in [3.63, 3.8) is 0 Å². The normalized spacial score (nSPS) is 11.4. The Morgan fingerprint density at radius 1 is 0.762 bits per heavy atom. The molecule has 0 aromatic carbocycles. The third-order valence-corrected chi connectivity index (χ3v) is 3.41. The molecule has 0 aromatic rings. The monoisotopic (exact) mass is 302 g/mol. The molecule has 0 aliphatic carbocycles. The van der Waals surface area contributed by atoms with Crippen LogP contribution in [0.25, 0.3) is 0 Å². The summed E-state index contributed by atoms with van der Waals surface area (Å²) in [6.07, 6.45) is 10.3. The average molecular weight is 302 g/mol. The number of quaternary nitrogens is 1. The van der Waals surface area contributed by atoms with Crippen LogP contribution in [-0.4, -0.2) is 51.5 Å². The minimum atomic E-state index is -0.514. The lowest BCUT2D eigenvalue weighted by atomic mass is 10.1. The Morgan fingerprint density at radius 2 is 1.24 bits per heavy atom. The third-order valence-electron chi connectivity index (χ3n) is 3.41. The van der Waals surface area contributed by atoms with E-state index in [-0.39, 0.29) is 0 Å². The van der Waals surface area contributed by atoms with Gasteiger partial charge >= 0.3 is 6.16 Å². The van der Waals surface area contributed by atoms with E-state index in [1.54, 1.807) is 0 Å². The first kappa shape index (κ1) is 20.2. The number of hydrogen-bond acceptors (Lipinski definition) is 3. The van der Waals surface area contributed by atoms with Crippen molar-refractivity contribution in [2.75, 3.05) is 40.9 Å². The summed E-state index contributed by atoms with van der Waals surface area (Å²) in [7, 11) is 6.38. The van der Waals surface area contributed by atoms with Gasteiger partial charge in [-0.1, -0.05) is 51.9 Å². The number of hydrogen-bond donors (Lipinski definition) is 0. The van der Waals surface area contributed by atoms with Crippen LogP contribution in [0.4, 0.5) is 4.79 Å². The van der Waals surface area contributed by atoms with Crippen LogP contribution < -0.4 is 0 Å². The van der Waals surface area contributed by atoms with Crippen LogP contribution in [0, 0.1) is 0 Å². The van der Waals surface area contributed by atoms with Gasteiger partial charge in [0.05, 0.1) is 34.3 Å². The Balaban J connectivity index is 3.23. The van der Waals surface area contributed by atoms with E-state index in [9.17, 15) is 4.79 Å². The first-order chi connectivity index (χ1) is 9.95. The summed E-state index contributed by atoms with van der Waals surface area (Å²) < 4.78 is 11.0. The van der Waals surface area contributed by atoms with Crippen LogP contribution in [0.5, 0.6) is 0 Å². The number of carbonyl (C=O) groups excluding carboxylic acids is 1. The van der Waals surface area contributed by atoms with E-state index < -0.39 is 6.16 Å². The Labute approximate surface area is 131 Å². The largest absolute Gasteiger partial charge is 0.508 e. The lowest BCUT2D eigenvalue weighted by molar-refractivity contribution is -0.870. The number of nitrogens with zero attached hydrogens (tertiary/aromatic N) is 1. The van der Waals surface area contributed by atoms with Gasteiger partial charge < -0.3 is 14.0 Å². The van der Waals surface area contributed by atoms with Crippen molar-refractivity contribution < 1.29 is 18.8 Å². The highest BCUT2D eigenvalue weighted by Crippen LogP contribution is 2.08. The highest BCUT2D eigenvalue weighted by atomic mass is 16.7. The molecule has 0 N–H and O–H groups in total. The van der Waals surface area contributed by atoms with Crippen molar-refractivity contribution in [3.8, 4) is 0 Å². The zero-order valence-corrected chi connectivity index (χ0v) is 14.7. The summed E-state index contributed by atoms with van der Waals surface area (Å²) in [6, 6.07) is 0. The van der Waals surface area contributed by atoms with Crippen LogP contribution in [0.1, 0.15) is 64.7 Å². The molecule has 0 amide bonds. The van der Waals surface area contributed by atoms with E-state index in [0.29, 0.717) is 13.2 Å². The Bertz CT molecular complexity index is 249. The molecule has 4 heteroatoms. The number of carbonyl (C=O) groups is 1. The van der Waals surface area contributed by atoms with Crippen LogP contribution in [0.3, 0.4) is 0 Å². The lowest BCUT2D eigenvalue weighted by Crippen LogP contribution is -2.35. The fourth-order valence-corrected chi connectivity index (χ4v) is 2.13. The van der Waals surface area contributed by atoms with Gasteiger partial charge in [-0.15, -0.1) is 0 Å². The van der Waals surface area contributed by atoms with Gasteiger partial charge in [-0.3, -0.25) is 0 Å². The van der Waals surface area contributed by atoms with Crippen LogP contribution >= 0.6 is 0 Å². The molecule has 21 heavy (non-hydrogen) atoms. The lowest BCUT2D eigenvalue weighted by Gasteiger charge is -2.23. The summed E-state index contributed by atoms with van der Waals surface area (Å²) in [4.78, 5) is 11.3. The van der Waals surface area contributed by atoms with E-state index >= 15 is 0 Å². The van der Waals surface area contributed by atoms with E-state index in [4.69, 9.17) is 9.47 Å². The molecule has 0 rings (SSSR count). The molecule has 0 atom stereocenters. The maximum absolute atomic E-state index is 11.3. The van der Waals surface area contributed by atoms with Gasteiger partial charge in [0.2, 0.25) is 0 Å². The highest BCUT2D eigenvalue weighted by Gasteiger charge is 2.08. The molecule has 0 aromatic heterocycles. The maximum Gasteiger partial charge on any atom is 0.508 e. The predicted molar refractivity (Wildman–Crippen MR) is 87.4 cm³/mol. The summed E-state index contributed by atoms with van der Waals surface area (Å²) in [6.45, 7) is 4.17. The first-order valence-corrected chi connectivity index (χ1v) is 8.55. The predicted octanol–water partition coefficient (Wildman–Crippen LogP) is 4.38. The van der Waals surface area contributed by atoms with Crippen molar-refractivity contribution in [3.05, 3.63) is 0 Å². The van der Waals surface area contributed by atoms with Crippen LogP contribution in [0.15, 0.2) is 0 Å². The van der Waals surface area contributed by atoms with Crippen molar-refractivity contribution in [2.24, 2.45) is 0 Å². The maximum atomic E-state index is 11.3. The summed E-state index contributed by atoms with van der Waals surface area (Å²) in [5.74, 6) is 0. The standard InChI is InChI=1S/C17H36NO3/c1-5-6-7-8-9-10-11-12-15-20-17(19)21-16-13-14-18(2,3)4/h5-16H2,1-4H3/q+1. The van der Waals surface area contributed by atoms with Gasteiger partial charge in [0.25, 0.3) is 0 Å². The topological polar surface area (TPSA) is 35.5 Å². The van der Waals surface area contributed by atoms with Gasteiger partial charge in [0.15, 0.2) is 0 Å². The second kappa shape index (κ2) is 12.9. The van der Waals surface area contributed by atoms with E-state index in [2.05, 4.69) is 28.1 Å². The number of unbranched alkanes of at least 4 members (excludes halogenated alkanes) is 7. The minimum Gasteiger partial charge on any atom is -0.434 e. The highest BCUT2D eigenvalue weighted by molar-refractivity contribution is 5.59. The smallest absolute Gasteiger partial charge is 0.434 e. The molecular weight excluding hydrogens is 266 g/mol. The van der Waals surface area contributed by atoms with Crippen molar-refractivity contribution in [2.45, 2.75) is 64.7 Å². The van der Waals surface area contributed by atoms with Crippen molar-refractivity contribution >= 4 is 6.16 Å². The van der Waals surface area contributed by atoms with Gasteiger partial charge in [0.1, 0.15) is 6.61 Å². The molecule has 0 spiro atoms. The number of rotatable bonds is 13. The van der Waals surface area contributed by atoms with Crippen molar-refractivity contribution in [1.29, 1.82) is 0 Å². The SMILES string of the molecule is CCCCCCCCCCOC(=O)OCCC[N+](C)(C)C. The molecule has 0 aliphatic heterocycles. The molecule has 4 nitrogen and oxygen atoms in total. The Kier molecular flexibility index (Phi) is 12.5.